The number of hydrogen-bond donors (Lipinski definition) is 2. The van der Waals surface area contributed by atoms with E-state index in [2.05, 4.69) is 11.8 Å². The minimum atomic E-state index is -0.902. The van der Waals surface area contributed by atoms with Gasteiger partial charge < -0.3 is 10.8 Å². The van der Waals surface area contributed by atoms with E-state index in [-0.39, 0.29) is 5.92 Å². The minimum absolute atomic E-state index is 0.174. The molecule has 0 bridgehead atoms. The molecule has 0 aliphatic heterocycles. The second-order valence-corrected chi connectivity index (χ2v) is 5.10. The molecule has 19 heavy (non-hydrogen) atoms. The number of aromatic carboxylic acids is 1. The average Bonchev–Trinajstić information content (AvgIpc) is 2.38. The molecule has 5 heteroatoms. The Kier molecular flexibility index (Phi) is 5.92. The van der Waals surface area contributed by atoms with E-state index >= 15 is 0 Å². The normalized spacial score (nSPS) is 12.4. The first kappa shape index (κ1) is 15.6. The summed E-state index contributed by atoms with van der Waals surface area (Å²) in [5.41, 5.74) is 7.02. The summed E-state index contributed by atoms with van der Waals surface area (Å²) in [7, 11) is 0. The van der Waals surface area contributed by atoms with Crippen molar-refractivity contribution in [3.05, 3.63) is 35.4 Å². The van der Waals surface area contributed by atoms with Gasteiger partial charge in [0, 0.05) is 19.0 Å². The zero-order valence-electron chi connectivity index (χ0n) is 11.3. The molecule has 0 saturated heterocycles. The van der Waals surface area contributed by atoms with Crippen molar-refractivity contribution in [1.29, 1.82) is 0 Å². The van der Waals surface area contributed by atoms with Gasteiger partial charge in [0.2, 0.25) is 0 Å². The summed E-state index contributed by atoms with van der Waals surface area (Å²) in [6.45, 7) is 6.57. The Morgan fingerprint density at radius 3 is 2.42 bits per heavy atom. The highest BCUT2D eigenvalue weighted by atomic mass is 32.1. The van der Waals surface area contributed by atoms with Crippen molar-refractivity contribution in [3.8, 4) is 0 Å². The van der Waals surface area contributed by atoms with Gasteiger partial charge in [0.15, 0.2) is 0 Å². The van der Waals surface area contributed by atoms with E-state index in [9.17, 15) is 4.79 Å². The van der Waals surface area contributed by atoms with Crippen molar-refractivity contribution in [3.63, 3.8) is 0 Å². The van der Waals surface area contributed by atoms with Crippen LogP contribution in [0.4, 0.5) is 0 Å². The molecule has 3 N–H and O–H groups in total. The van der Waals surface area contributed by atoms with Gasteiger partial charge in [-0.2, -0.15) is 0 Å². The number of nitrogens with zero attached hydrogens (tertiary/aromatic N) is 1. The molecule has 0 aliphatic carbocycles. The average molecular weight is 280 g/mol. The second kappa shape index (κ2) is 7.21. The highest BCUT2D eigenvalue weighted by Crippen LogP contribution is 2.09. The molecule has 0 aliphatic rings. The Morgan fingerprint density at radius 2 is 2.00 bits per heavy atom. The van der Waals surface area contributed by atoms with Crippen LogP contribution in [0.1, 0.15) is 29.8 Å². The Balaban J connectivity index is 2.65. The molecule has 1 aromatic rings. The zero-order chi connectivity index (χ0) is 14.4. The molecule has 4 nitrogen and oxygen atoms in total. The van der Waals surface area contributed by atoms with Crippen LogP contribution in [0.25, 0.3) is 0 Å². The number of hydrogen-bond acceptors (Lipinski definition) is 3. The summed E-state index contributed by atoms with van der Waals surface area (Å²) in [4.78, 5) is 13.5. The predicted octanol–water partition coefficient (Wildman–Crippen LogP) is 2.13. The maximum Gasteiger partial charge on any atom is 0.335 e. The summed E-state index contributed by atoms with van der Waals surface area (Å²) in [6, 6.07) is 6.94. The highest BCUT2D eigenvalue weighted by Gasteiger charge is 2.11. The van der Waals surface area contributed by atoms with E-state index in [1.54, 1.807) is 12.1 Å². The number of rotatable bonds is 7. The summed E-state index contributed by atoms with van der Waals surface area (Å²) in [5.74, 6) is -0.728. The van der Waals surface area contributed by atoms with Gasteiger partial charge in [-0.1, -0.05) is 38.2 Å². The van der Waals surface area contributed by atoms with Crippen molar-refractivity contribution < 1.29 is 9.90 Å². The first-order valence-electron chi connectivity index (χ1n) is 6.28. The molecule has 0 amide bonds. The fourth-order valence-corrected chi connectivity index (χ4v) is 1.87. The molecule has 0 spiro atoms. The van der Waals surface area contributed by atoms with Gasteiger partial charge in [0.05, 0.1) is 10.6 Å². The number of benzene rings is 1. The molecule has 1 unspecified atom stereocenters. The van der Waals surface area contributed by atoms with E-state index in [4.69, 9.17) is 23.1 Å². The van der Waals surface area contributed by atoms with Crippen LogP contribution in [-0.4, -0.2) is 34.1 Å². The van der Waals surface area contributed by atoms with Crippen molar-refractivity contribution >= 4 is 23.2 Å². The third-order valence-corrected chi connectivity index (χ3v) is 3.47. The topological polar surface area (TPSA) is 66.6 Å². The second-order valence-electron chi connectivity index (χ2n) is 4.63. The summed E-state index contributed by atoms with van der Waals surface area (Å²) in [5, 5.41) is 8.85. The van der Waals surface area contributed by atoms with Crippen LogP contribution in [0, 0.1) is 5.92 Å². The Morgan fingerprint density at radius 1 is 1.42 bits per heavy atom. The van der Waals surface area contributed by atoms with Gasteiger partial charge >= 0.3 is 5.97 Å². The van der Waals surface area contributed by atoms with E-state index in [1.165, 1.54) is 0 Å². The van der Waals surface area contributed by atoms with Crippen LogP contribution in [0.5, 0.6) is 0 Å². The van der Waals surface area contributed by atoms with Crippen LogP contribution in [0.2, 0.25) is 0 Å². The molecular weight excluding hydrogens is 260 g/mol. The highest BCUT2D eigenvalue weighted by molar-refractivity contribution is 7.80. The zero-order valence-corrected chi connectivity index (χ0v) is 12.1. The standard InChI is InChI=1S/C14H20N2O2S/c1-3-16(8-10(2)13(15)19)9-11-4-6-12(7-5-11)14(17)18/h4-7,10H,3,8-9H2,1-2H3,(H2,15,19)(H,17,18). The lowest BCUT2D eigenvalue weighted by Gasteiger charge is -2.23. The van der Waals surface area contributed by atoms with Gasteiger partial charge in [-0.25, -0.2) is 4.79 Å². The molecule has 1 rings (SSSR count). The van der Waals surface area contributed by atoms with Crippen molar-refractivity contribution in [1.82, 2.24) is 4.90 Å². The number of carboxylic acid groups (broad SMARTS) is 1. The first-order chi connectivity index (χ1) is 8.93. The summed E-state index contributed by atoms with van der Waals surface area (Å²) >= 11 is 4.98. The van der Waals surface area contributed by atoms with Crippen molar-refractivity contribution in [2.45, 2.75) is 20.4 Å². The summed E-state index contributed by atoms with van der Waals surface area (Å²) in [6.07, 6.45) is 0. The van der Waals surface area contributed by atoms with Gasteiger partial charge in [0.25, 0.3) is 0 Å². The van der Waals surface area contributed by atoms with Crippen molar-refractivity contribution in [2.24, 2.45) is 11.7 Å². The van der Waals surface area contributed by atoms with E-state index < -0.39 is 5.97 Å². The van der Waals surface area contributed by atoms with Crippen LogP contribution < -0.4 is 5.73 Å². The van der Waals surface area contributed by atoms with E-state index in [1.807, 2.05) is 19.1 Å². The maximum absolute atomic E-state index is 10.8. The Hall–Kier alpha value is -1.46. The molecule has 1 aromatic carbocycles. The van der Waals surface area contributed by atoms with Crippen LogP contribution in [-0.2, 0) is 6.54 Å². The lowest BCUT2D eigenvalue weighted by Crippen LogP contribution is -2.33. The van der Waals surface area contributed by atoms with Crippen molar-refractivity contribution in [2.75, 3.05) is 13.1 Å². The fraction of sp³-hybridized carbons (Fsp3) is 0.429. The van der Waals surface area contributed by atoms with E-state index in [0.717, 1.165) is 25.2 Å². The molecule has 0 radical (unpaired) electrons. The van der Waals surface area contributed by atoms with Gasteiger partial charge in [-0.3, -0.25) is 4.90 Å². The lowest BCUT2D eigenvalue weighted by molar-refractivity contribution is 0.0697. The van der Waals surface area contributed by atoms with E-state index in [0.29, 0.717) is 10.6 Å². The first-order valence-corrected chi connectivity index (χ1v) is 6.68. The maximum atomic E-state index is 10.8. The van der Waals surface area contributed by atoms with Gasteiger partial charge in [-0.05, 0) is 24.2 Å². The van der Waals surface area contributed by atoms with Crippen LogP contribution in [0.3, 0.4) is 0 Å². The summed E-state index contributed by atoms with van der Waals surface area (Å²) < 4.78 is 0. The third-order valence-electron chi connectivity index (χ3n) is 3.07. The predicted molar refractivity (Wildman–Crippen MR) is 80.3 cm³/mol. The van der Waals surface area contributed by atoms with Gasteiger partial charge in [0.1, 0.15) is 0 Å². The van der Waals surface area contributed by atoms with Crippen LogP contribution in [0.15, 0.2) is 24.3 Å². The third kappa shape index (κ3) is 4.96. The Bertz CT molecular complexity index is 445. The van der Waals surface area contributed by atoms with Gasteiger partial charge in [-0.15, -0.1) is 0 Å². The molecule has 1 atom stereocenters. The number of nitrogens with two attached hydrogens (primary N) is 1. The SMILES string of the molecule is CCN(Cc1ccc(C(=O)O)cc1)CC(C)C(N)=S. The molecule has 104 valence electrons. The smallest absolute Gasteiger partial charge is 0.335 e. The molecular formula is C14H20N2O2S. The number of carboxylic acids is 1. The molecule has 0 heterocycles. The Labute approximate surface area is 119 Å². The number of thiocarbonyl (C=S) groups is 1. The monoisotopic (exact) mass is 280 g/mol. The molecule has 0 aromatic heterocycles. The number of carbonyl (C=O) groups is 1. The quantitative estimate of drug-likeness (QED) is 0.749. The van der Waals surface area contributed by atoms with Crippen LogP contribution >= 0.6 is 12.2 Å². The lowest BCUT2D eigenvalue weighted by atomic mass is 10.1. The largest absolute Gasteiger partial charge is 0.478 e. The fourth-order valence-electron chi connectivity index (χ4n) is 1.79. The minimum Gasteiger partial charge on any atom is -0.478 e. The molecule has 0 saturated carbocycles. The molecule has 0 fully saturated rings.